The van der Waals surface area contributed by atoms with Gasteiger partial charge in [-0.2, -0.15) is 5.26 Å². The van der Waals surface area contributed by atoms with Gasteiger partial charge in [0.2, 0.25) is 0 Å². The molecular formula is C26H24Cl2FN5. The summed E-state index contributed by atoms with van der Waals surface area (Å²) in [6.45, 7) is 2.26. The minimum atomic E-state index is -1.23. The van der Waals surface area contributed by atoms with E-state index in [0.717, 1.165) is 11.1 Å². The van der Waals surface area contributed by atoms with Gasteiger partial charge >= 0.3 is 0 Å². The highest BCUT2D eigenvalue weighted by atomic mass is 35.5. The van der Waals surface area contributed by atoms with Crippen LogP contribution < -0.4 is 10.6 Å². The summed E-state index contributed by atoms with van der Waals surface area (Å²) in [4.78, 5) is 6.83. The monoisotopic (exact) mass is 495 g/mol. The number of anilines is 1. The van der Waals surface area contributed by atoms with Crippen LogP contribution in [-0.4, -0.2) is 36.8 Å². The fourth-order valence-corrected chi connectivity index (χ4v) is 4.55. The topological polar surface area (TPSA) is 63.5 Å². The van der Waals surface area contributed by atoms with E-state index in [4.69, 9.17) is 28.2 Å². The van der Waals surface area contributed by atoms with Crippen molar-refractivity contribution in [3.63, 3.8) is 0 Å². The Kier molecular flexibility index (Phi) is 6.92. The molecular weight excluding hydrogens is 472 g/mol. The number of hydrogen-bond acceptors (Lipinski definition) is 5. The molecule has 0 saturated carbocycles. The molecule has 0 bridgehead atoms. The van der Waals surface area contributed by atoms with Crippen molar-refractivity contribution in [1.82, 2.24) is 10.2 Å². The Morgan fingerprint density at radius 2 is 1.88 bits per heavy atom. The lowest BCUT2D eigenvalue weighted by molar-refractivity contribution is 0.227. The molecule has 0 amide bonds. The number of halogens is 3. The largest absolute Gasteiger partial charge is 0.380 e. The summed E-state index contributed by atoms with van der Waals surface area (Å²) in [6.07, 6.45) is -0.287. The number of hydrogen-bond donors (Lipinski definition) is 2. The summed E-state index contributed by atoms with van der Waals surface area (Å²) in [6, 6.07) is 20.2. The second kappa shape index (κ2) is 9.73. The molecule has 0 aliphatic carbocycles. The Labute approximate surface area is 208 Å². The zero-order valence-electron chi connectivity index (χ0n) is 19.0. The smallest absolute Gasteiger partial charge is 0.168 e. The molecule has 174 valence electrons. The Morgan fingerprint density at radius 3 is 2.56 bits per heavy atom. The summed E-state index contributed by atoms with van der Waals surface area (Å²) in [5, 5.41) is 17.9. The first-order chi connectivity index (χ1) is 16.3. The van der Waals surface area contributed by atoms with Crippen molar-refractivity contribution in [3.8, 4) is 6.07 Å². The van der Waals surface area contributed by atoms with Crippen LogP contribution in [0.1, 0.15) is 22.9 Å². The Hall–Kier alpha value is -2.95. The van der Waals surface area contributed by atoms with E-state index in [0.29, 0.717) is 27.7 Å². The maximum atomic E-state index is 13.8. The van der Waals surface area contributed by atoms with E-state index in [1.807, 2.05) is 62.3 Å². The molecule has 1 aliphatic heterocycles. The molecule has 1 aliphatic rings. The zero-order valence-corrected chi connectivity index (χ0v) is 20.5. The Bertz CT molecular complexity index is 1300. The Balaban J connectivity index is 1.90. The van der Waals surface area contributed by atoms with Gasteiger partial charge in [0.15, 0.2) is 5.54 Å². The second-order valence-electron chi connectivity index (χ2n) is 8.46. The van der Waals surface area contributed by atoms with Crippen LogP contribution in [0.4, 0.5) is 15.8 Å². The number of nitrogens with one attached hydrogen (secondary N) is 2. The number of aliphatic imine (C=N–C) groups is 1. The van der Waals surface area contributed by atoms with E-state index in [1.54, 1.807) is 6.07 Å². The normalized spacial score (nSPS) is 19.4. The molecule has 3 aromatic carbocycles. The lowest BCUT2D eigenvalue weighted by Gasteiger charge is -2.40. The highest BCUT2D eigenvalue weighted by molar-refractivity contribution is 6.35. The van der Waals surface area contributed by atoms with E-state index in [1.165, 1.54) is 18.2 Å². The van der Waals surface area contributed by atoms with Crippen LogP contribution in [0.25, 0.3) is 0 Å². The van der Waals surface area contributed by atoms with Crippen molar-refractivity contribution in [1.29, 1.82) is 5.26 Å². The van der Waals surface area contributed by atoms with E-state index < -0.39 is 11.4 Å². The maximum Gasteiger partial charge on any atom is 0.168 e. The van der Waals surface area contributed by atoms with Crippen LogP contribution in [0.15, 0.2) is 65.7 Å². The number of fused-ring (bicyclic) bond motifs is 1. The number of para-hydroxylation sites is 1. The van der Waals surface area contributed by atoms with Gasteiger partial charge in [0.25, 0.3) is 0 Å². The highest BCUT2D eigenvalue weighted by Gasteiger charge is 2.44. The summed E-state index contributed by atoms with van der Waals surface area (Å²) in [5.74, 6) is -0.531. The first-order valence-electron chi connectivity index (χ1n) is 10.7. The highest BCUT2D eigenvalue weighted by Crippen LogP contribution is 2.37. The third kappa shape index (κ3) is 4.53. The average Bonchev–Trinajstić information content (AvgIpc) is 2.82. The molecule has 0 aromatic heterocycles. The standard InChI is InChI=1S/C26H24Cl2FN5/c1-16-7-4-5-8-18(16)25(34(2)3)33-26(14-30)15-31-23-19(9-6-10-20(23)27)24(26)32-17-11-12-22(29)21(28)13-17/h4-13,25,31,33H,15H2,1-3H3. The minimum absolute atomic E-state index is 0.0382. The van der Waals surface area contributed by atoms with Gasteiger partial charge in [-0.05, 0) is 56.4 Å². The number of aryl methyl sites for hydroxylation is 1. The minimum Gasteiger partial charge on any atom is -0.380 e. The molecule has 2 N–H and O–H groups in total. The van der Waals surface area contributed by atoms with Crippen molar-refractivity contribution in [2.45, 2.75) is 18.6 Å². The maximum absolute atomic E-state index is 13.8. The fraction of sp³-hybridized carbons (Fsp3) is 0.231. The van der Waals surface area contributed by atoms with Crippen LogP contribution in [0.2, 0.25) is 10.0 Å². The molecule has 0 radical (unpaired) electrons. The molecule has 0 saturated heterocycles. The molecule has 0 fully saturated rings. The number of benzene rings is 3. The second-order valence-corrected chi connectivity index (χ2v) is 9.27. The molecule has 34 heavy (non-hydrogen) atoms. The fourth-order valence-electron chi connectivity index (χ4n) is 4.13. The van der Waals surface area contributed by atoms with E-state index >= 15 is 0 Å². The SMILES string of the molecule is Cc1ccccc1C(NC1(C#N)CNc2c(Cl)cccc2C1=Nc1ccc(F)c(Cl)c1)N(C)C. The van der Waals surface area contributed by atoms with Gasteiger partial charge in [0, 0.05) is 5.56 Å². The summed E-state index contributed by atoms with van der Waals surface area (Å²) >= 11 is 12.5. The van der Waals surface area contributed by atoms with E-state index in [-0.39, 0.29) is 17.7 Å². The summed E-state index contributed by atoms with van der Waals surface area (Å²) < 4.78 is 13.8. The van der Waals surface area contributed by atoms with E-state index in [2.05, 4.69) is 16.7 Å². The average molecular weight is 496 g/mol. The van der Waals surface area contributed by atoms with Gasteiger partial charge in [-0.1, -0.05) is 59.6 Å². The molecule has 3 aromatic rings. The molecule has 1 heterocycles. The van der Waals surface area contributed by atoms with Crippen molar-refractivity contribution in [2.75, 3.05) is 26.0 Å². The Morgan fingerprint density at radius 1 is 1.12 bits per heavy atom. The van der Waals surface area contributed by atoms with Crippen molar-refractivity contribution < 1.29 is 4.39 Å². The van der Waals surface area contributed by atoms with Gasteiger partial charge in [-0.3, -0.25) is 10.2 Å². The lowest BCUT2D eigenvalue weighted by Crippen LogP contribution is -2.61. The molecule has 0 spiro atoms. The predicted molar refractivity (Wildman–Crippen MR) is 137 cm³/mol. The van der Waals surface area contributed by atoms with Gasteiger partial charge in [-0.15, -0.1) is 0 Å². The predicted octanol–water partition coefficient (Wildman–Crippen LogP) is 6.10. The van der Waals surface area contributed by atoms with Crippen molar-refractivity contribution in [2.24, 2.45) is 4.99 Å². The van der Waals surface area contributed by atoms with Gasteiger partial charge < -0.3 is 5.32 Å². The third-order valence-corrected chi connectivity index (χ3v) is 6.53. The van der Waals surface area contributed by atoms with Crippen LogP contribution in [0, 0.1) is 24.1 Å². The van der Waals surface area contributed by atoms with Crippen LogP contribution in [-0.2, 0) is 0 Å². The summed E-state index contributed by atoms with van der Waals surface area (Å²) in [7, 11) is 3.90. The van der Waals surface area contributed by atoms with Gasteiger partial charge in [-0.25, -0.2) is 9.38 Å². The molecule has 2 unspecified atom stereocenters. The molecule has 8 heteroatoms. The number of rotatable bonds is 5. The zero-order chi connectivity index (χ0) is 24.5. The van der Waals surface area contributed by atoms with Crippen LogP contribution >= 0.6 is 23.2 Å². The quantitative estimate of drug-likeness (QED) is 0.419. The van der Waals surface area contributed by atoms with Gasteiger partial charge in [0.1, 0.15) is 5.82 Å². The van der Waals surface area contributed by atoms with Gasteiger partial charge in [0.05, 0.1) is 45.9 Å². The first kappa shape index (κ1) is 24.2. The third-order valence-electron chi connectivity index (χ3n) is 5.92. The lowest BCUT2D eigenvalue weighted by atomic mass is 9.84. The molecule has 5 nitrogen and oxygen atoms in total. The van der Waals surface area contributed by atoms with Crippen LogP contribution in [0.5, 0.6) is 0 Å². The van der Waals surface area contributed by atoms with E-state index in [9.17, 15) is 9.65 Å². The molecule has 2 atom stereocenters. The number of nitrogens with zero attached hydrogens (tertiary/aromatic N) is 3. The summed E-state index contributed by atoms with van der Waals surface area (Å²) in [5.41, 5.74) is 3.22. The van der Waals surface area contributed by atoms with Crippen LogP contribution in [0.3, 0.4) is 0 Å². The van der Waals surface area contributed by atoms with Crippen molar-refractivity contribution >= 4 is 40.3 Å². The number of nitriles is 1. The first-order valence-corrected chi connectivity index (χ1v) is 11.5. The molecule has 4 rings (SSSR count). The van der Waals surface area contributed by atoms with Crippen molar-refractivity contribution in [3.05, 3.63) is 93.2 Å².